The normalized spacial score (nSPS) is 13.6. The number of para-hydroxylation sites is 1. The second-order valence-electron chi connectivity index (χ2n) is 3.65. The Morgan fingerprint density at radius 1 is 1.47 bits per heavy atom. The van der Waals surface area contributed by atoms with Crippen molar-refractivity contribution in [2.24, 2.45) is 5.14 Å². The van der Waals surface area contributed by atoms with Gasteiger partial charge >= 0.3 is 0 Å². The zero-order chi connectivity index (χ0) is 13.1. The molecule has 0 saturated carbocycles. The van der Waals surface area contributed by atoms with Gasteiger partial charge < -0.3 is 10.8 Å². The van der Waals surface area contributed by atoms with Crippen LogP contribution in [0.15, 0.2) is 28.0 Å². The highest BCUT2D eigenvalue weighted by Gasteiger charge is 2.16. The van der Waals surface area contributed by atoms with Crippen molar-refractivity contribution >= 4 is 27.5 Å². The highest BCUT2D eigenvalue weighted by molar-refractivity contribution is 8.00. The minimum Gasteiger partial charge on any atom is -0.397 e. The van der Waals surface area contributed by atoms with Crippen LogP contribution < -0.4 is 10.9 Å². The summed E-state index contributed by atoms with van der Waals surface area (Å²) in [4.78, 5) is 0.608. The zero-order valence-electron chi connectivity index (χ0n) is 9.46. The van der Waals surface area contributed by atoms with Crippen LogP contribution in [0.5, 0.6) is 0 Å². The Labute approximate surface area is 105 Å². The van der Waals surface area contributed by atoms with Gasteiger partial charge in [-0.3, -0.25) is 0 Å². The van der Waals surface area contributed by atoms with Crippen LogP contribution in [0.3, 0.4) is 0 Å². The molecule has 0 heterocycles. The molecule has 0 fully saturated rings. The summed E-state index contributed by atoms with van der Waals surface area (Å²) in [6, 6.07) is 4.72. The molecule has 0 amide bonds. The van der Waals surface area contributed by atoms with Gasteiger partial charge in [0.1, 0.15) is 4.90 Å². The van der Waals surface area contributed by atoms with Gasteiger partial charge in [-0.15, -0.1) is 11.8 Å². The van der Waals surface area contributed by atoms with E-state index in [0.29, 0.717) is 11.3 Å². The van der Waals surface area contributed by atoms with E-state index in [1.54, 1.807) is 12.1 Å². The fourth-order valence-electron chi connectivity index (χ4n) is 1.33. The Balaban J connectivity index is 3.03. The number of hydrogen-bond acceptors (Lipinski definition) is 5. The van der Waals surface area contributed by atoms with Gasteiger partial charge in [0.05, 0.1) is 5.69 Å². The van der Waals surface area contributed by atoms with Crippen LogP contribution in [0.2, 0.25) is 0 Å². The van der Waals surface area contributed by atoms with Crippen LogP contribution in [0.1, 0.15) is 13.3 Å². The molecule has 5 N–H and O–H groups in total. The fraction of sp³-hybridized carbons (Fsp3) is 0.400. The molecule has 0 aliphatic rings. The lowest BCUT2D eigenvalue weighted by molar-refractivity contribution is 0.289. The molecule has 0 spiro atoms. The van der Waals surface area contributed by atoms with Crippen molar-refractivity contribution in [3.8, 4) is 0 Å². The molecule has 1 aromatic rings. The second-order valence-corrected chi connectivity index (χ2v) is 6.66. The lowest BCUT2D eigenvalue weighted by Gasteiger charge is -2.13. The predicted octanol–water partition coefficient (Wildman–Crippen LogP) is 0.779. The van der Waals surface area contributed by atoms with Gasteiger partial charge in [-0.2, -0.15) is 0 Å². The molecule has 0 aliphatic carbocycles. The molecule has 0 aliphatic heterocycles. The fourth-order valence-corrected chi connectivity index (χ4v) is 3.13. The average Bonchev–Trinajstić information content (AvgIpc) is 2.19. The van der Waals surface area contributed by atoms with Gasteiger partial charge in [-0.25, -0.2) is 13.6 Å². The van der Waals surface area contributed by atoms with E-state index in [1.165, 1.54) is 17.8 Å². The molecule has 0 bridgehead atoms. The highest BCUT2D eigenvalue weighted by atomic mass is 32.2. The maximum Gasteiger partial charge on any atom is 0.240 e. The van der Waals surface area contributed by atoms with Crippen molar-refractivity contribution < 1.29 is 13.5 Å². The number of nitrogens with two attached hydrogens (primary N) is 2. The highest BCUT2D eigenvalue weighted by Crippen LogP contribution is 2.33. The molecule has 7 heteroatoms. The quantitative estimate of drug-likeness (QED) is 0.544. The first-order valence-electron chi connectivity index (χ1n) is 5.05. The third-order valence-electron chi connectivity index (χ3n) is 2.20. The van der Waals surface area contributed by atoms with Crippen molar-refractivity contribution in [1.82, 2.24) is 0 Å². The number of primary sulfonamides is 1. The van der Waals surface area contributed by atoms with Crippen LogP contribution in [-0.2, 0) is 10.0 Å². The number of aliphatic hydroxyl groups excluding tert-OH is 1. The monoisotopic (exact) mass is 276 g/mol. The van der Waals surface area contributed by atoms with Gasteiger partial charge in [-0.1, -0.05) is 13.0 Å². The maximum absolute atomic E-state index is 11.3. The van der Waals surface area contributed by atoms with Gasteiger partial charge in [0.15, 0.2) is 0 Å². The molecule has 1 unspecified atom stereocenters. The first kappa shape index (κ1) is 14.3. The van der Waals surface area contributed by atoms with Crippen molar-refractivity contribution in [2.45, 2.75) is 28.4 Å². The van der Waals surface area contributed by atoms with Gasteiger partial charge in [0.2, 0.25) is 10.0 Å². The number of anilines is 1. The summed E-state index contributed by atoms with van der Waals surface area (Å²) < 4.78 is 22.5. The summed E-state index contributed by atoms with van der Waals surface area (Å²) >= 11 is 1.42. The number of rotatable bonds is 5. The summed E-state index contributed by atoms with van der Waals surface area (Å²) in [5, 5.41) is 14.0. The molecule has 96 valence electrons. The van der Waals surface area contributed by atoms with E-state index in [-0.39, 0.29) is 22.4 Å². The van der Waals surface area contributed by atoms with Crippen LogP contribution in [0.25, 0.3) is 0 Å². The summed E-state index contributed by atoms with van der Waals surface area (Å²) in [7, 11) is -3.79. The Morgan fingerprint density at radius 2 is 2.12 bits per heavy atom. The molecule has 0 saturated heterocycles. The van der Waals surface area contributed by atoms with Crippen molar-refractivity contribution in [1.29, 1.82) is 0 Å². The summed E-state index contributed by atoms with van der Waals surface area (Å²) in [5.74, 6) is 0. The van der Waals surface area contributed by atoms with E-state index in [4.69, 9.17) is 16.0 Å². The Bertz CT molecular complexity index is 488. The standard InChI is InChI=1S/C10H16N2O3S2/c1-7(5-6-13)16-8-3-2-4-9(10(8)11)17(12,14)15/h2-4,7,13H,5-6,11H2,1H3,(H2,12,14,15). The minimum absolute atomic E-state index is 0.0568. The molecule has 1 atom stereocenters. The number of benzene rings is 1. The lowest BCUT2D eigenvalue weighted by atomic mass is 10.3. The summed E-state index contributed by atoms with van der Waals surface area (Å²) in [6.07, 6.45) is 0.615. The third-order valence-corrected chi connectivity index (χ3v) is 4.41. The molecule has 17 heavy (non-hydrogen) atoms. The number of hydrogen-bond donors (Lipinski definition) is 3. The van der Waals surface area contributed by atoms with Crippen molar-refractivity contribution in [3.63, 3.8) is 0 Å². The Morgan fingerprint density at radius 3 is 2.65 bits per heavy atom. The topological polar surface area (TPSA) is 106 Å². The molecule has 5 nitrogen and oxygen atoms in total. The first-order valence-corrected chi connectivity index (χ1v) is 7.47. The van der Waals surface area contributed by atoms with E-state index in [1.807, 2.05) is 6.92 Å². The largest absolute Gasteiger partial charge is 0.397 e. The number of nitrogen functional groups attached to an aromatic ring is 1. The van der Waals surface area contributed by atoms with E-state index in [9.17, 15) is 8.42 Å². The summed E-state index contributed by atoms with van der Waals surface area (Å²) in [6.45, 7) is 2.02. The van der Waals surface area contributed by atoms with Crippen LogP contribution in [0.4, 0.5) is 5.69 Å². The molecule has 0 aromatic heterocycles. The minimum atomic E-state index is -3.79. The molecule has 0 radical (unpaired) electrons. The molecular formula is C10H16N2O3S2. The van der Waals surface area contributed by atoms with Crippen LogP contribution >= 0.6 is 11.8 Å². The van der Waals surface area contributed by atoms with E-state index < -0.39 is 10.0 Å². The van der Waals surface area contributed by atoms with Crippen LogP contribution in [-0.4, -0.2) is 25.4 Å². The van der Waals surface area contributed by atoms with Gasteiger partial charge in [0, 0.05) is 16.8 Å². The Hall–Kier alpha value is -0.760. The van der Waals surface area contributed by atoms with E-state index in [2.05, 4.69) is 0 Å². The Kier molecular flexibility index (Phi) is 4.81. The molecular weight excluding hydrogens is 260 g/mol. The predicted molar refractivity (Wildman–Crippen MR) is 69.2 cm³/mol. The van der Waals surface area contributed by atoms with Gasteiger partial charge in [-0.05, 0) is 18.6 Å². The first-order chi connectivity index (χ1) is 7.86. The number of sulfonamides is 1. The summed E-state index contributed by atoms with van der Waals surface area (Å²) in [5.41, 5.74) is 5.94. The molecule has 1 aromatic carbocycles. The zero-order valence-corrected chi connectivity index (χ0v) is 11.1. The third kappa shape index (κ3) is 3.88. The maximum atomic E-state index is 11.3. The molecule has 1 rings (SSSR count). The SMILES string of the molecule is CC(CCO)Sc1cccc(S(N)(=O)=O)c1N. The van der Waals surface area contributed by atoms with Crippen LogP contribution in [0, 0.1) is 0 Å². The second kappa shape index (κ2) is 5.72. The van der Waals surface area contributed by atoms with Gasteiger partial charge in [0.25, 0.3) is 0 Å². The number of aliphatic hydroxyl groups is 1. The number of thioether (sulfide) groups is 1. The smallest absolute Gasteiger partial charge is 0.240 e. The van der Waals surface area contributed by atoms with Crippen molar-refractivity contribution in [2.75, 3.05) is 12.3 Å². The average molecular weight is 276 g/mol. The van der Waals surface area contributed by atoms with E-state index in [0.717, 1.165) is 0 Å². The lowest BCUT2D eigenvalue weighted by Crippen LogP contribution is -2.14. The van der Waals surface area contributed by atoms with E-state index >= 15 is 0 Å². The van der Waals surface area contributed by atoms with Crippen molar-refractivity contribution in [3.05, 3.63) is 18.2 Å².